The van der Waals surface area contributed by atoms with Gasteiger partial charge in [-0.25, -0.2) is 13.1 Å². The predicted molar refractivity (Wildman–Crippen MR) is 38.1 cm³/mol. The van der Waals surface area contributed by atoms with Crippen molar-refractivity contribution in [2.45, 2.75) is 37.0 Å². The molecule has 1 aliphatic carbocycles. The summed E-state index contributed by atoms with van der Waals surface area (Å²) in [5.41, 5.74) is 0. The highest BCUT2D eigenvalue weighted by Crippen LogP contribution is 2.29. The lowest BCUT2D eigenvalue weighted by atomic mass is 9.96. The van der Waals surface area contributed by atoms with E-state index >= 15 is 0 Å². The average Bonchev–Trinajstić information content (AvgIpc) is 2.04. The molecule has 0 aromatic rings. The first-order valence-electron chi connectivity index (χ1n) is 3.69. The van der Waals surface area contributed by atoms with E-state index in [0.29, 0.717) is 0 Å². The van der Waals surface area contributed by atoms with E-state index in [1.807, 2.05) is 0 Å². The Hall–Kier alpha value is -0.0900. The maximum absolute atomic E-state index is 11.1. The Kier molecular flexibility index (Phi) is 1.29. The molecule has 2 rings (SSSR count). The molecule has 1 saturated heterocycles. The maximum Gasteiger partial charge on any atom is 0.214 e. The van der Waals surface area contributed by atoms with Crippen molar-refractivity contribution in [3.8, 4) is 0 Å². The predicted octanol–water partition coefficient (Wildman–Crippen LogP) is 0.231. The zero-order valence-corrected chi connectivity index (χ0v) is 6.52. The first kappa shape index (κ1) is 6.61. The van der Waals surface area contributed by atoms with Gasteiger partial charge in [-0.2, -0.15) is 0 Å². The van der Waals surface area contributed by atoms with Crippen LogP contribution >= 0.6 is 0 Å². The molecular weight excluding hydrogens is 150 g/mol. The first-order valence-corrected chi connectivity index (χ1v) is 5.24. The summed E-state index contributed by atoms with van der Waals surface area (Å²) in [7, 11) is -2.87. The van der Waals surface area contributed by atoms with Gasteiger partial charge >= 0.3 is 0 Å². The summed E-state index contributed by atoms with van der Waals surface area (Å²) < 4.78 is 24.9. The summed E-state index contributed by atoms with van der Waals surface area (Å²) in [5, 5.41) is -0.0637. The molecule has 2 fully saturated rings. The van der Waals surface area contributed by atoms with Crippen LogP contribution in [0.1, 0.15) is 25.7 Å². The second kappa shape index (κ2) is 1.95. The standard InChI is InChI=1S/C6H11NO2S/c8-10(9)6-3-1-2-5(4-6)7-10/h5-7H,1-4H2. The van der Waals surface area contributed by atoms with Crippen LogP contribution in [0.3, 0.4) is 0 Å². The maximum atomic E-state index is 11.1. The van der Waals surface area contributed by atoms with Crippen LogP contribution in [0.4, 0.5) is 0 Å². The molecule has 1 N–H and O–H groups in total. The van der Waals surface area contributed by atoms with Crippen molar-refractivity contribution in [1.82, 2.24) is 4.72 Å². The molecule has 58 valence electrons. The van der Waals surface area contributed by atoms with E-state index in [1.54, 1.807) is 0 Å². The van der Waals surface area contributed by atoms with E-state index in [-0.39, 0.29) is 11.3 Å². The highest BCUT2D eigenvalue weighted by molar-refractivity contribution is 7.90. The molecule has 0 radical (unpaired) electrons. The third-order valence-electron chi connectivity index (χ3n) is 2.40. The van der Waals surface area contributed by atoms with Gasteiger partial charge in [0.05, 0.1) is 5.25 Å². The van der Waals surface area contributed by atoms with E-state index < -0.39 is 10.0 Å². The van der Waals surface area contributed by atoms with Crippen LogP contribution in [0.25, 0.3) is 0 Å². The Morgan fingerprint density at radius 1 is 1.30 bits per heavy atom. The highest BCUT2D eigenvalue weighted by atomic mass is 32.2. The molecule has 1 heterocycles. The molecule has 2 unspecified atom stereocenters. The van der Waals surface area contributed by atoms with Crippen LogP contribution in [-0.4, -0.2) is 19.7 Å². The number of rotatable bonds is 0. The van der Waals surface area contributed by atoms with E-state index in [0.717, 1.165) is 25.7 Å². The summed E-state index contributed by atoms with van der Waals surface area (Å²) in [6, 6.07) is 0.267. The fraction of sp³-hybridized carbons (Fsp3) is 1.00. The van der Waals surface area contributed by atoms with Crippen LogP contribution in [0, 0.1) is 0 Å². The summed E-state index contributed by atoms with van der Waals surface area (Å²) in [5.74, 6) is 0. The molecule has 1 aliphatic heterocycles. The lowest BCUT2D eigenvalue weighted by Crippen LogP contribution is -2.24. The van der Waals surface area contributed by atoms with Gasteiger partial charge in [0.25, 0.3) is 0 Å². The Balaban J connectivity index is 2.32. The van der Waals surface area contributed by atoms with Gasteiger partial charge < -0.3 is 0 Å². The van der Waals surface area contributed by atoms with E-state index in [2.05, 4.69) is 4.72 Å². The number of hydrogen-bond acceptors (Lipinski definition) is 2. The van der Waals surface area contributed by atoms with Crippen LogP contribution in [0.15, 0.2) is 0 Å². The fourth-order valence-electron chi connectivity index (χ4n) is 1.86. The van der Waals surface area contributed by atoms with Crippen LogP contribution < -0.4 is 4.72 Å². The van der Waals surface area contributed by atoms with Gasteiger partial charge in [0, 0.05) is 6.04 Å². The lowest BCUT2D eigenvalue weighted by Gasteiger charge is -2.13. The van der Waals surface area contributed by atoms with E-state index in [9.17, 15) is 8.42 Å². The minimum Gasteiger partial charge on any atom is -0.212 e. The highest BCUT2D eigenvalue weighted by Gasteiger charge is 2.39. The Morgan fingerprint density at radius 2 is 2.10 bits per heavy atom. The quantitative estimate of drug-likeness (QED) is 0.553. The number of fused-ring (bicyclic) bond motifs is 2. The summed E-state index contributed by atoms with van der Waals surface area (Å²) >= 11 is 0. The van der Waals surface area contributed by atoms with Crippen molar-refractivity contribution in [1.29, 1.82) is 0 Å². The molecule has 3 nitrogen and oxygen atoms in total. The topological polar surface area (TPSA) is 46.2 Å². The monoisotopic (exact) mass is 161 g/mol. The molecular formula is C6H11NO2S. The smallest absolute Gasteiger partial charge is 0.212 e. The molecule has 2 aliphatic rings. The van der Waals surface area contributed by atoms with Crippen molar-refractivity contribution in [2.75, 3.05) is 0 Å². The molecule has 0 amide bonds. The second-order valence-electron chi connectivity index (χ2n) is 3.15. The van der Waals surface area contributed by atoms with Crippen LogP contribution in [-0.2, 0) is 10.0 Å². The van der Waals surface area contributed by atoms with Crippen molar-refractivity contribution < 1.29 is 8.42 Å². The molecule has 10 heavy (non-hydrogen) atoms. The fourth-order valence-corrected chi connectivity index (χ4v) is 3.70. The molecule has 0 aromatic carbocycles. The van der Waals surface area contributed by atoms with Gasteiger partial charge in [-0.3, -0.25) is 0 Å². The van der Waals surface area contributed by atoms with Gasteiger partial charge in [-0.05, 0) is 19.3 Å². The van der Waals surface area contributed by atoms with Gasteiger partial charge in [0.2, 0.25) is 10.0 Å². The largest absolute Gasteiger partial charge is 0.214 e. The van der Waals surface area contributed by atoms with Crippen molar-refractivity contribution in [3.63, 3.8) is 0 Å². The number of hydrogen-bond donors (Lipinski definition) is 1. The first-order chi connectivity index (χ1) is 4.68. The van der Waals surface area contributed by atoms with Crippen LogP contribution in [0.2, 0.25) is 0 Å². The Bertz CT molecular complexity index is 234. The van der Waals surface area contributed by atoms with E-state index in [1.165, 1.54) is 0 Å². The molecule has 2 atom stereocenters. The molecule has 0 aromatic heterocycles. The number of sulfonamides is 1. The summed E-state index contributed by atoms with van der Waals surface area (Å²) in [6.45, 7) is 0. The SMILES string of the molecule is O=S1(=O)NC2CCCC1C2. The minimum absolute atomic E-state index is 0.0637. The van der Waals surface area contributed by atoms with Crippen molar-refractivity contribution in [2.24, 2.45) is 0 Å². The van der Waals surface area contributed by atoms with Gasteiger partial charge in [-0.15, -0.1) is 0 Å². The molecule has 2 bridgehead atoms. The zero-order valence-electron chi connectivity index (χ0n) is 5.71. The average molecular weight is 161 g/mol. The van der Waals surface area contributed by atoms with Gasteiger partial charge in [0.1, 0.15) is 0 Å². The summed E-state index contributed by atoms with van der Waals surface area (Å²) in [4.78, 5) is 0. The Morgan fingerprint density at radius 3 is 2.70 bits per heavy atom. The summed E-state index contributed by atoms with van der Waals surface area (Å²) in [6.07, 6.45) is 3.82. The Labute approximate surface area is 60.9 Å². The third-order valence-corrected chi connectivity index (χ3v) is 4.36. The molecule has 4 heteroatoms. The van der Waals surface area contributed by atoms with E-state index in [4.69, 9.17) is 0 Å². The second-order valence-corrected chi connectivity index (χ2v) is 5.14. The molecule has 0 spiro atoms. The van der Waals surface area contributed by atoms with Crippen molar-refractivity contribution in [3.05, 3.63) is 0 Å². The number of nitrogens with one attached hydrogen (secondary N) is 1. The normalized spacial score (nSPS) is 43.6. The van der Waals surface area contributed by atoms with Crippen LogP contribution in [0.5, 0.6) is 0 Å². The molecule has 1 saturated carbocycles. The minimum atomic E-state index is -2.87. The van der Waals surface area contributed by atoms with Crippen molar-refractivity contribution >= 4 is 10.0 Å². The zero-order chi connectivity index (χ0) is 7.19. The van der Waals surface area contributed by atoms with Gasteiger partial charge in [0.15, 0.2) is 0 Å². The third kappa shape index (κ3) is 0.864. The van der Waals surface area contributed by atoms with Gasteiger partial charge in [-0.1, -0.05) is 6.42 Å². The lowest BCUT2D eigenvalue weighted by molar-refractivity contribution is 0.461.